The Kier molecular flexibility index (Phi) is 4.22. The summed E-state index contributed by atoms with van der Waals surface area (Å²) in [5.74, 6) is -1.72. The molecule has 1 fully saturated rings. The fourth-order valence-corrected chi connectivity index (χ4v) is 2.15. The molecule has 2 rings (SSSR count). The van der Waals surface area contributed by atoms with Crippen LogP contribution in [0.1, 0.15) is 28.8 Å². The third-order valence-corrected chi connectivity index (χ3v) is 3.26. The van der Waals surface area contributed by atoms with E-state index in [0.717, 1.165) is 18.9 Å². The zero-order valence-electron chi connectivity index (χ0n) is 10.4. The van der Waals surface area contributed by atoms with E-state index in [9.17, 15) is 22.4 Å². The Morgan fingerprint density at radius 3 is 2.50 bits per heavy atom. The van der Waals surface area contributed by atoms with Crippen LogP contribution in [0.3, 0.4) is 0 Å². The fraction of sp³-hybridized carbons (Fsp3) is 0.462. The van der Waals surface area contributed by atoms with Gasteiger partial charge in [0.15, 0.2) is 0 Å². The van der Waals surface area contributed by atoms with Gasteiger partial charge in [-0.3, -0.25) is 4.79 Å². The van der Waals surface area contributed by atoms with E-state index in [4.69, 9.17) is 11.6 Å². The van der Waals surface area contributed by atoms with E-state index in [-0.39, 0.29) is 24.0 Å². The third kappa shape index (κ3) is 3.23. The normalized spacial score (nSPS) is 15.2. The van der Waals surface area contributed by atoms with Crippen molar-refractivity contribution in [3.8, 4) is 0 Å². The molecule has 7 heteroatoms. The van der Waals surface area contributed by atoms with Gasteiger partial charge in [-0.2, -0.15) is 13.2 Å². The number of rotatable bonds is 4. The average molecular weight is 310 g/mol. The summed E-state index contributed by atoms with van der Waals surface area (Å²) < 4.78 is 51.1. The van der Waals surface area contributed by atoms with Crippen molar-refractivity contribution in [1.29, 1.82) is 0 Å². The SMILES string of the molecule is O=C(c1ccc(F)c(C(F)(F)F)c1)N(CCCl)C1CC1. The summed E-state index contributed by atoms with van der Waals surface area (Å²) in [6, 6.07) is 2.32. The van der Waals surface area contributed by atoms with Gasteiger partial charge in [0.05, 0.1) is 5.56 Å². The lowest BCUT2D eigenvalue weighted by atomic mass is 10.1. The van der Waals surface area contributed by atoms with E-state index in [1.165, 1.54) is 4.90 Å². The molecule has 110 valence electrons. The van der Waals surface area contributed by atoms with Crippen LogP contribution in [-0.4, -0.2) is 29.3 Å². The molecule has 0 aliphatic heterocycles. The Labute approximate surface area is 118 Å². The predicted octanol–water partition coefficient (Wildman–Crippen LogP) is 3.69. The number of carbonyl (C=O) groups excluding carboxylic acids is 1. The predicted molar refractivity (Wildman–Crippen MR) is 66.2 cm³/mol. The third-order valence-electron chi connectivity index (χ3n) is 3.09. The van der Waals surface area contributed by atoms with E-state index in [2.05, 4.69) is 0 Å². The zero-order valence-corrected chi connectivity index (χ0v) is 11.1. The largest absolute Gasteiger partial charge is 0.419 e. The Morgan fingerprint density at radius 1 is 1.35 bits per heavy atom. The van der Waals surface area contributed by atoms with Gasteiger partial charge in [-0.1, -0.05) is 0 Å². The first kappa shape index (κ1) is 15.1. The number of hydrogen-bond donors (Lipinski definition) is 0. The van der Waals surface area contributed by atoms with Crippen LogP contribution >= 0.6 is 11.6 Å². The highest BCUT2D eigenvalue weighted by Crippen LogP contribution is 2.33. The molecule has 0 spiro atoms. The molecule has 0 saturated heterocycles. The average Bonchev–Trinajstić information content (AvgIpc) is 3.18. The molecule has 0 atom stereocenters. The Bertz CT molecular complexity index is 514. The van der Waals surface area contributed by atoms with Crippen molar-refractivity contribution >= 4 is 17.5 Å². The van der Waals surface area contributed by atoms with Crippen molar-refractivity contribution in [2.45, 2.75) is 25.1 Å². The molecule has 0 bridgehead atoms. The lowest BCUT2D eigenvalue weighted by molar-refractivity contribution is -0.140. The van der Waals surface area contributed by atoms with E-state index < -0.39 is 23.5 Å². The van der Waals surface area contributed by atoms with E-state index in [1.54, 1.807) is 0 Å². The smallest absolute Gasteiger partial charge is 0.334 e. The summed E-state index contributed by atoms with van der Waals surface area (Å²) in [6.07, 6.45) is -3.19. The molecule has 2 nitrogen and oxygen atoms in total. The summed E-state index contributed by atoms with van der Waals surface area (Å²) in [6.45, 7) is 0.268. The monoisotopic (exact) mass is 309 g/mol. The zero-order chi connectivity index (χ0) is 14.9. The molecule has 1 aliphatic carbocycles. The van der Waals surface area contributed by atoms with Crippen LogP contribution in [0.15, 0.2) is 18.2 Å². The van der Waals surface area contributed by atoms with Crippen molar-refractivity contribution in [2.75, 3.05) is 12.4 Å². The van der Waals surface area contributed by atoms with Crippen LogP contribution in [0.2, 0.25) is 0 Å². The highest BCUT2D eigenvalue weighted by molar-refractivity contribution is 6.18. The van der Waals surface area contributed by atoms with Gasteiger partial charge in [0, 0.05) is 24.0 Å². The minimum atomic E-state index is -4.82. The Balaban J connectivity index is 2.30. The summed E-state index contributed by atoms with van der Waals surface area (Å²) in [5.41, 5.74) is -1.60. The number of carbonyl (C=O) groups is 1. The summed E-state index contributed by atoms with van der Waals surface area (Å²) >= 11 is 5.59. The van der Waals surface area contributed by atoms with E-state index in [1.807, 2.05) is 0 Å². The van der Waals surface area contributed by atoms with Crippen LogP contribution < -0.4 is 0 Å². The number of amides is 1. The van der Waals surface area contributed by atoms with Gasteiger partial charge in [-0.15, -0.1) is 11.6 Å². The van der Waals surface area contributed by atoms with Gasteiger partial charge in [-0.05, 0) is 31.0 Å². The topological polar surface area (TPSA) is 20.3 Å². The Hall–Kier alpha value is -1.30. The quantitative estimate of drug-likeness (QED) is 0.613. The molecule has 1 amide bonds. The second-order valence-corrected chi connectivity index (χ2v) is 4.99. The molecule has 0 N–H and O–H groups in total. The van der Waals surface area contributed by atoms with Gasteiger partial charge in [0.1, 0.15) is 5.82 Å². The molecule has 0 radical (unpaired) electrons. The molecule has 20 heavy (non-hydrogen) atoms. The molecule has 1 aromatic carbocycles. The fourth-order valence-electron chi connectivity index (χ4n) is 1.97. The molecule has 1 aliphatic rings. The van der Waals surface area contributed by atoms with Crippen molar-refractivity contribution in [3.63, 3.8) is 0 Å². The minimum Gasteiger partial charge on any atom is -0.334 e. The van der Waals surface area contributed by atoms with Crippen LogP contribution in [0.5, 0.6) is 0 Å². The van der Waals surface area contributed by atoms with Gasteiger partial charge < -0.3 is 4.90 Å². The lowest BCUT2D eigenvalue weighted by Gasteiger charge is -2.21. The van der Waals surface area contributed by atoms with E-state index >= 15 is 0 Å². The number of halogens is 5. The van der Waals surface area contributed by atoms with Gasteiger partial charge in [0.2, 0.25) is 0 Å². The highest BCUT2D eigenvalue weighted by Gasteiger charge is 2.36. The first-order valence-corrected chi connectivity index (χ1v) is 6.61. The Morgan fingerprint density at radius 2 is 2.00 bits per heavy atom. The standard InChI is InChI=1S/C13H12ClF4NO/c14-5-6-19(9-2-3-9)12(20)8-1-4-11(15)10(7-8)13(16,17)18/h1,4,7,9H,2-3,5-6H2. The van der Waals surface area contributed by atoms with Crippen LogP contribution in [0.4, 0.5) is 17.6 Å². The highest BCUT2D eigenvalue weighted by atomic mass is 35.5. The first-order chi connectivity index (χ1) is 9.34. The molecule has 0 aromatic heterocycles. The van der Waals surface area contributed by atoms with Crippen molar-refractivity contribution in [3.05, 3.63) is 35.1 Å². The minimum absolute atomic E-state index is 0.0284. The second-order valence-electron chi connectivity index (χ2n) is 4.61. The van der Waals surface area contributed by atoms with Crippen molar-refractivity contribution in [1.82, 2.24) is 4.90 Å². The molecule has 0 unspecified atom stereocenters. The number of nitrogens with zero attached hydrogens (tertiary/aromatic N) is 1. The maximum absolute atomic E-state index is 13.2. The molecule has 1 aromatic rings. The summed E-state index contributed by atoms with van der Waals surface area (Å²) in [4.78, 5) is 13.6. The van der Waals surface area contributed by atoms with Gasteiger partial charge in [0.25, 0.3) is 5.91 Å². The van der Waals surface area contributed by atoms with Gasteiger partial charge >= 0.3 is 6.18 Å². The van der Waals surface area contributed by atoms with Crippen molar-refractivity contribution in [2.24, 2.45) is 0 Å². The van der Waals surface area contributed by atoms with Crippen LogP contribution in [0.25, 0.3) is 0 Å². The maximum Gasteiger partial charge on any atom is 0.419 e. The summed E-state index contributed by atoms with van der Waals surface area (Å²) in [7, 11) is 0. The first-order valence-electron chi connectivity index (χ1n) is 6.08. The molecule has 1 saturated carbocycles. The van der Waals surface area contributed by atoms with Crippen molar-refractivity contribution < 1.29 is 22.4 Å². The van der Waals surface area contributed by atoms with Crippen LogP contribution in [-0.2, 0) is 6.18 Å². The maximum atomic E-state index is 13.2. The summed E-state index contributed by atoms with van der Waals surface area (Å²) in [5, 5.41) is 0. The van der Waals surface area contributed by atoms with Crippen LogP contribution in [0, 0.1) is 5.82 Å². The lowest BCUT2D eigenvalue weighted by Crippen LogP contribution is -2.35. The van der Waals surface area contributed by atoms with Gasteiger partial charge in [-0.25, -0.2) is 4.39 Å². The number of alkyl halides is 4. The molecule has 0 heterocycles. The second kappa shape index (κ2) is 5.60. The number of hydrogen-bond acceptors (Lipinski definition) is 1. The molecular weight excluding hydrogens is 298 g/mol. The van der Waals surface area contributed by atoms with E-state index in [0.29, 0.717) is 12.1 Å². The molecular formula is C13H12ClF4NO. The number of benzene rings is 1.